The monoisotopic (exact) mass is 415 g/mol. The number of nitrogens with zero attached hydrogens (tertiary/aromatic N) is 1. The predicted molar refractivity (Wildman–Crippen MR) is 115 cm³/mol. The van der Waals surface area contributed by atoms with Gasteiger partial charge in [0.15, 0.2) is 0 Å². The van der Waals surface area contributed by atoms with Gasteiger partial charge >= 0.3 is 0 Å². The van der Waals surface area contributed by atoms with Crippen LogP contribution in [0.5, 0.6) is 5.75 Å². The molecule has 3 amide bonds. The molecule has 2 saturated carbocycles. The lowest BCUT2D eigenvalue weighted by molar-refractivity contribution is -0.142. The van der Waals surface area contributed by atoms with Gasteiger partial charge < -0.3 is 20.3 Å². The molecule has 1 aromatic rings. The van der Waals surface area contributed by atoms with Gasteiger partial charge in [-0.05, 0) is 49.9 Å². The van der Waals surface area contributed by atoms with Crippen LogP contribution in [0.25, 0.3) is 0 Å². The summed E-state index contributed by atoms with van der Waals surface area (Å²) in [5, 5.41) is 5.41. The number of hydrogen-bond acceptors (Lipinski definition) is 4. The van der Waals surface area contributed by atoms with Gasteiger partial charge in [0.1, 0.15) is 5.75 Å². The Kier molecular flexibility index (Phi) is 8.11. The van der Waals surface area contributed by atoms with Crippen molar-refractivity contribution in [3.8, 4) is 5.75 Å². The standard InChI is InChI=1S/C23H33N3O4/c1-30-20-13-11-18(12-14-20)25-21(27)15-24-22(28)16-26(19-9-3-2-4-10-19)23(29)17-7-5-6-8-17/h11-14,17,19H,2-10,15-16H2,1H3,(H,24,28)(H,25,27). The third-order valence-electron chi connectivity index (χ3n) is 6.14. The Morgan fingerprint density at radius 2 is 1.57 bits per heavy atom. The fourth-order valence-corrected chi connectivity index (χ4v) is 4.46. The fourth-order valence-electron chi connectivity index (χ4n) is 4.46. The zero-order chi connectivity index (χ0) is 21.3. The van der Waals surface area contributed by atoms with Crippen molar-refractivity contribution in [2.45, 2.75) is 63.8 Å². The van der Waals surface area contributed by atoms with E-state index in [4.69, 9.17) is 4.74 Å². The van der Waals surface area contributed by atoms with Crippen molar-refractivity contribution in [1.29, 1.82) is 0 Å². The lowest BCUT2D eigenvalue weighted by Gasteiger charge is -2.35. The van der Waals surface area contributed by atoms with Crippen LogP contribution in [0.2, 0.25) is 0 Å². The normalized spacial score (nSPS) is 17.4. The van der Waals surface area contributed by atoms with E-state index in [0.29, 0.717) is 11.4 Å². The Morgan fingerprint density at radius 1 is 0.933 bits per heavy atom. The van der Waals surface area contributed by atoms with Crippen LogP contribution in [0.4, 0.5) is 5.69 Å². The molecule has 0 bridgehead atoms. The number of carbonyl (C=O) groups is 3. The summed E-state index contributed by atoms with van der Waals surface area (Å²) in [7, 11) is 1.58. The molecule has 0 heterocycles. The first-order valence-electron chi connectivity index (χ1n) is 11.1. The van der Waals surface area contributed by atoms with Crippen molar-refractivity contribution >= 4 is 23.4 Å². The molecule has 164 valence electrons. The molecule has 2 aliphatic rings. The molecular weight excluding hydrogens is 382 g/mol. The Labute approximate surface area is 178 Å². The van der Waals surface area contributed by atoms with E-state index in [1.165, 1.54) is 6.42 Å². The molecule has 2 fully saturated rings. The van der Waals surface area contributed by atoms with Gasteiger partial charge in [-0.2, -0.15) is 0 Å². The average molecular weight is 416 g/mol. The Hall–Kier alpha value is -2.57. The topological polar surface area (TPSA) is 87.7 Å². The van der Waals surface area contributed by atoms with Gasteiger partial charge in [-0.3, -0.25) is 14.4 Å². The summed E-state index contributed by atoms with van der Waals surface area (Å²) in [6, 6.07) is 7.13. The van der Waals surface area contributed by atoms with Crippen LogP contribution in [0.1, 0.15) is 57.8 Å². The van der Waals surface area contributed by atoms with E-state index >= 15 is 0 Å². The molecule has 2 aliphatic carbocycles. The van der Waals surface area contributed by atoms with Crippen molar-refractivity contribution in [2.24, 2.45) is 5.92 Å². The van der Waals surface area contributed by atoms with E-state index in [0.717, 1.165) is 51.4 Å². The second-order valence-corrected chi connectivity index (χ2v) is 8.29. The largest absolute Gasteiger partial charge is 0.497 e. The number of anilines is 1. The lowest BCUT2D eigenvalue weighted by atomic mass is 9.93. The van der Waals surface area contributed by atoms with E-state index in [2.05, 4.69) is 10.6 Å². The van der Waals surface area contributed by atoms with Crippen LogP contribution in [0.15, 0.2) is 24.3 Å². The molecule has 0 saturated heterocycles. The Balaban J connectivity index is 1.51. The first-order chi connectivity index (χ1) is 14.6. The zero-order valence-electron chi connectivity index (χ0n) is 17.8. The van der Waals surface area contributed by atoms with Crippen LogP contribution < -0.4 is 15.4 Å². The highest BCUT2D eigenvalue weighted by Gasteiger charge is 2.33. The van der Waals surface area contributed by atoms with Crippen LogP contribution in [-0.2, 0) is 14.4 Å². The van der Waals surface area contributed by atoms with E-state index in [1.54, 1.807) is 36.3 Å². The summed E-state index contributed by atoms with van der Waals surface area (Å²) in [5.74, 6) is 0.294. The average Bonchev–Trinajstić information content (AvgIpc) is 3.32. The minimum absolute atomic E-state index is 0.0375. The maximum Gasteiger partial charge on any atom is 0.243 e. The molecule has 7 nitrogen and oxygen atoms in total. The Bertz CT molecular complexity index is 722. The van der Waals surface area contributed by atoms with Gasteiger partial charge in [0, 0.05) is 17.6 Å². The second kappa shape index (κ2) is 11.0. The van der Waals surface area contributed by atoms with Gasteiger partial charge in [-0.15, -0.1) is 0 Å². The summed E-state index contributed by atoms with van der Waals surface area (Å²) in [6.45, 7) is -0.0865. The van der Waals surface area contributed by atoms with E-state index in [9.17, 15) is 14.4 Å². The number of carbonyl (C=O) groups excluding carboxylic acids is 3. The third kappa shape index (κ3) is 6.21. The second-order valence-electron chi connectivity index (χ2n) is 8.29. The summed E-state index contributed by atoms with van der Waals surface area (Å²) < 4.78 is 5.09. The maximum absolute atomic E-state index is 13.1. The quantitative estimate of drug-likeness (QED) is 0.683. The van der Waals surface area contributed by atoms with Crippen LogP contribution in [-0.4, -0.2) is 48.9 Å². The van der Waals surface area contributed by atoms with Gasteiger partial charge in [0.25, 0.3) is 0 Å². The number of hydrogen-bond donors (Lipinski definition) is 2. The number of ether oxygens (including phenoxy) is 1. The van der Waals surface area contributed by atoms with E-state index in [-0.39, 0.29) is 42.8 Å². The molecule has 0 spiro atoms. The van der Waals surface area contributed by atoms with Crippen molar-refractivity contribution in [3.63, 3.8) is 0 Å². The smallest absolute Gasteiger partial charge is 0.243 e. The van der Waals surface area contributed by atoms with Gasteiger partial charge in [0.2, 0.25) is 17.7 Å². The highest BCUT2D eigenvalue weighted by atomic mass is 16.5. The molecule has 0 atom stereocenters. The minimum Gasteiger partial charge on any atom is -0.497 e. The van der Waals surface area contributed by atoms with Crippen molar-refractivity contribution in [2.75, 3.05) is 25.5 Å². The van der Waals surface area contributed by atoms with Crippen molar-refractivity contribution < 1.29 is 19.1 Å². The van der Waals surface area contributed by atoms with Crippen LogP contribution in [0, 0.1) is 5.92 Å². The van der Waals surface area contributed by atoms with Crippen LogP contribution >= 0.6 is 0 Å². The molecular formula is C23H33N3O4. The zero-order valence-corrected chi connectivity index (χ0v) is 17.8. The summed E-state index contributed by atoms with van der Waals surface area (Å²) >= 11 is 0. The highest BCUT2D eigenvalue weighted by molar-refractivity contribution is 5.95. The number of methoxy groups -OCH3 is 1. The van der Waals surface area contributed by atoms with Crippen molar-refractivity contribution in [1.82, 2.24) is 10.2 Å². The van der Waals surface area contributed by atoms with Gasteiger partial charge in [0.05, 0.1) is 20.2 Å². The molecule has 2 N–H and O–H groups in total. The van der Waals surface area contributed by atoms with E-state index < -0.39 is 0 Å². The maximum atomic E-state index is 13.1. The SMILES string of the molecule is COc1ccc(NC(=O)CNC(=O)CN(C(=O)C2CCCC2)C2CCCCC2)cc1. The summed E-state index contributed by atoms with van der Waals surface area (Å²) in [4.78, 5) is 39.6. The van der Waals surface area contributed by atoms with Gasteiger partial charge in [-0.25, -0.2) is 0 Å². The number of benzene rings is 1. The molecule has 7 heteroatoms. The first-order valence-corrected chi connectivity index (χ1v) is 11.1. The Morgan fingerprint density at radius 3 is 2.20 bits per heavy atom. The summed E-state index contributed by atoms with van der Waals surface area (Å²) in [6.07, 6.45) is 9.35. The van der Waals surface area contributed by atoms with Crippen LogP contribution in [0.3, 0.4) is 0 Å². The number of rotatable bonds is 8. The highest BCUT2D eigenvalue weighted by Crippen LogP contribution is 2.30. The first kappa shape index (κ1) is 22.1. The molecule has 0 radical (unpaired) electrons. The molecule has 30 heavy (non-hydrogen) atoms. The number of nitrogens with one attached hydrogen (secondary N) is 2. The molecule has 0 aromatic heterocycles. The lowest BCUT2D eigenvalue weighted by Crippen LogP contribution is -2.49. The molecule has 1 aromatic carbocycles. The predicted octanol–water partition coefficient (Wildman–Crippen LogP) is 3.10. The molecule has 3 rings (SSSR count). The minimum atomic E-state index is -0.306. The van der Waals surface area contributed by atoms with E-state index in [1.807, 2.05) is 0 Å². The summed E-state index contributed by atoms with van der Waals surface area (Å²) in [5.41, 5.74) is 0.635. The molecule has 0 aliphatic heterocycles. The third-order valence-corrected chi connectivity index (χ3v) is 6.14. The fraction of sp³-hybridized carbons (Fsp3) is 0.609. The molecule has 0 unspecified atom stereocenters. The number of amides is 3. The van der Waals surface area contributed by atoms with Crippen molar-refractivity contribution in [3.05, 3.63) is 24.3 Å². The van der Waals surface area contributed by atoms with Gasteiger partial charge in [-0.1, -0.05) is 32.1 Å².